The molecule has 2 aliphatic carbocycles. The molecule has 14 heavy (non-hydrogen) atoms. The summed E-state index contributed by atoms with van der Waals surface area (Å²) in [4.78, 5) is 2.38. The molecule has 0 saturated heterocycles. The number of rotatable bonds is 4. The van der Waals surface area contributed by atoms with Crippen LogP contribution in [-0.4, -0.2) is 25.0 Å². The van der Waals surface area contributed by atoms with E-state index in [0.717, 1.165) is 25.3 Å². The Balaban J connectivity index is 1.73. The highest BCUT2D eigenvalue weighted by Gasteiger charge is 2.43. The first-order valence-corrected chi connectivity index (χ1v) is 5.84. The van der Waals surface area contributed by atoms with Crippen molar-refractivity contribution in [3.05, 3.63) is 0 Å². The van der Waals surface area contributed by atoms with Crippen LogP contribution in [0.5, 0.6) is 0 Å². The van der Waals surface area contributed by atoms with Gasteiger partial charge in [-0.05, 0) is 38.6 Å². The number of nitrogens with zero attached hydrogens (tertiary/aromatic N) is 2. The smallest absolute Gasteiger partial charge is 0.0703 e. The summed E-state index contributed by atoms with van der Waals surface area (Å²) >= 11 is 0. The lowest BCUT2D eigenvalue weighted by Crippen LogP contribution is -2.30. The average molecular weight is 192 g/mol. The van der Waals surface area contributed by atoms with Gasteiger partial charge in [0.2, 0.25) is 0 Å². The average Bonchev–Trinajstić information content (AvgIpc) is 2.74. The summed E-state index contributed by atoms with van der Waals surface area (Å²) in [7, 11) is 2.18. The van der Waals surface area contributed by atoms with Crippen molar-refractivity contribution in [1.29, 1.82) is 5.26 Å². The van der Waals surface area contributed by atoms with Gasteiger partial charge in [0.15, 0.2) is 0 Å². The molecule has 0 atom stereocenters. The molecule has 2 rings (SSSR count). The zero-order valence-electron chi connectivity index (χ0n) is 9.13. The number of hydrogen-bond acceptors (Lipinski definition) is 2. The minimum absolute atomic E-state index is 0.0490. The van der Waals surface area contributed by atoms with E-state index >= 15 is 0 Å². The summed E-state index contributed by atoms with van der Waals surface area (Å²) in [5.74, 6) is 0.912. The second-order valence-electron chi connectivity index (χ2n) is 5.24. The van der Waals surface area contributed by atoms with E-state index in [9.17, 15) is 0 Å². The Morgan fingerprint density at radius 1 is 1.36 bits per heavy atom. The molecular weight excluding hydrogens is 172 g/mol. The fraction of sp³-hybridized carbons (Fsp3) is 0.917. The van der Waals surface area contributed by atoms with Gasteiger partial charge in [0.1, 0.15) is 0 Å². The Kier molecular flexibility index (Phi) is 2.78. The third-order valence-electron chi connectivity index (χ3n) is 3.71. The van der Waals surface area contributed by atoms with Crippen LogP contribution in [0.2, 0.25) is 0 Å². The summed E-state index contributed by atoms with van der Waals surface area (Å²) in [6.07, 6.45) is 7.90. The minimum atomic E-state index is 0.0490. The van der Waals surface area contributed by atoms with Gasteiger partial charge in [0, 0.05) is 13.1 Å². The van der Waals surface area contributed by atoms with Crippen molar-refractivity contribution >= 4 is 0 Å². The summed E-state index contributed by atoms with van der Waals surface area (Å²) < 4.78 is 0. The molecule has 0 unspecified atom stereocenters. The molecule has 0 spiro atoms. The van der Waals surface area contributed by atoms with Gasteiger partial charge in [-0.15, -0.1) is 0 Å². The monoisotopic (exact) mass is 192 g/mol. The van der Waals surface area contributed by atoms with Gasteiger partial charge in [-0.3, -0.25) is 0 Å². The molecule has 2 aliphatic rings. The second kappa shape index (κ2) is 3.90. The Hall–Kier alpha value is -0.550. The van der Waals surface area contributed by atoms with Crippen LogP contribution in [0.3, 0.4) is 0 Å². The minimum Gasteiger partial charge on any atom is -0.305 e. The van der Waals surface area contributed by atoms with Crippen LogP contribution in [-0.2, 0) is 0 Å². The molecule has 0 bridgehead atoms. The van der Waals surface area contributed by atoms with Crippen LogP contribution in [0.1, 0.15) is 38.5 Å². The highest BCUT2D eigenvalue weighted by atomic mass is 15.1. The molecule has 78 valence electrons. The van der Waals surface area contributed by atoms with Crippen LogP contribution >= 0.6 is 0 Å². The van der Waals surface area contributed by atoms with E-state index in [0.29, 0.717) is 0 Å². The van der Waals surface area contributed by atoms with Crippen molar-refractivity contribution in [2.75, 3.05) is 20.1 Å². The molecule has 0 aliphatic heterocycles. The predicted octanol–water partition coefficient (Wildman–Crippen LogP) is 2.41. The van der Waals surface area contributed by atoms with Crippen molar-refractivity contribution in [3.8, 4) is 6.07 Å². The quantitative estimate of drug-likeness (QED) is 0.684. The van der Waals surface area contributed by atoms with Gasteiger partial charge < -0.3 is 4.90 Å². The predicted molar refractivity (Wildman–Crippen MR) is 56.7 cm³/mol. The molecular formula is C12H20N2. The van der Waals surface area contributed by atoms with Gasteiger partial charge in [-0.25, -0.2) is 0 Å². The maximum atomic E-state index is 8.99. The Morgan fingerprint density at radius 3 is 2.50 bits per heavy atom. The van der Waals surface area contributed by atoms with Gasteiger partial charge in [0.25, 0.3) is 0 Å². The SMILES string of the molecule is CN(CC1CCCC1)CC1(C#N)CC1. The second-order valence-corrected chi connectivity index (χ2v) is 5.24. The van der Waals surface area contributed by atoms with Crippen LogP contribution in [0.15, 0.2) is 0 Å². The fourth-order valence-electron chi connectivity index (χ4n) is 2.67. The van der Waals surface area contributed by atoms with Gasteiger partial charge in [-0.1, -0.05) is 12.8 Å². The van der Waals surface area contributed by atoms with Crippen molar-refractivity contribution in [1.82, 2.24) is 4.90 Å². The van der Waals surface area contributed by atoms with Crippen LogP contribution in [0, 0.1) is 22.7 Å². The Bertz CT molecular complexity index is 231. The van der Waals surface area contributed by atoms with Crippen molar-refractivity contribution in [3.63, 3.8) is 0 Å². The van der Waals surface area contributed by atoms with E-state index in [-0.39, 0.29) is 5.41 Å². The third-order valence-corrected chi connectivity index (χ3v) is 3.71. The molecule has 0 amide bonds. The van der Waals surface area contributed by atoms with E-state index in [1.54, 1.807) is 0 Å². The fourth-order valence-corrected chi connectivity index (χ4v) is 2.67. The maximum absolute atomic E-state index is 8.99. The van der Waals surface area contributed by atoms with Crippen molar-refractivity contribution in [2.24, 2.45) is 11.3 Å². The first-order chi connectivity index (χ1) is 6.74. The van der Waals surface area contributed by atoms with Gasteiger partial charge in [0.05, 0.1) is 11.5 Å². The zero-order chi connectivity index (χ0) is 10.0. The van der Waals surface area contributed by atoms with Crippen molar-refractivity contribution < 1.29 is 0 Å². The van der Waals surface area contributed by atoms with E-state index in [2.05, 4.69) is 18.0 Å². The topological polar surface area (TPSA) is 27.0 Å². The van der Waals surface area contributed by atoms with Crippen LogP contribution in [0.4, 0.5) is 0 Å². The Labute approximate surface area is 86.9 Å². The number of nitriles is 1. The lowest BCUT2D eigenvalue weighted by atomic mass is 10.1. The largest absolute Gasteiger partial charge is 0.305 e. The molecule has 2 nitrogen and oxygen atoms in total. The molecule has 0 N–H and O–H groups in total. The lowest BCUT2D eigenvalue weighted by molar-refractivity contribution is 0.250. The highest BCUT2D eigenvalue weighted by molar-refractivity contribution is 5.11. The molecule has 2 saturated carbocycles. The standard InChI is InChI=1S/C12H20N2/c1-14(8-11-4-2-3-5-11)10-12(9-13)6-7-12/h11H,2-8,10H2,1H3. The highest BCUT2D eigenvalue weighted by Crippen LogP contribution is 2.45. The normalized spacial score (nSPS) is 25.2. The first kappa shape index (κ1) is 9.98. The molecule has 0 radical (unpaired) electrons. The van der Waals surface area contributed by atoms with Crippen LogP contribution in [0.25, 0.3) is 0 Å². The molecule has 0 heterocycles. The van der Waals surface area contributed by atoms with E-state index in [1.165, 1.54) is 32.2 Å². The molecule has 2 fully saturated rings. The third kappa shape index (κ3) is 2.27. The summed E-state index contributed by atoms with van der Waals surface area (Å²) in [6.45, 7) is 2.21. The molecule has 0 aromatic heterocycles. The summed E-state index contributed by atoms with van der Waals surface area (Å²) in [5.41, 5.74) is 0.0490. The summed E-state index contributed by atoms with van der Waals surface area (Å²) in [6, 6.07) is 2.47. The zero-order valence-corrected chi connectivity index (χ0v) is 9.13. The lowest BCUT2D eigenvalue weighted by Gasteiger charge is -2.22. The van der Waals surface area contributed by atoms with Gasteiger partial charge >= 0.3 is 0 Å². The van der Waals surface area contributed by atoms with E-state index in [4.69, 9.17) is 5.26 Å². The van der Waals surface area contributed by atoms with Crippen LogP contribution < -0.4 is 0 Å². The number of hydrogen-bond donors (Lipinski definition) is 0. The maximum Gasteiger partial charge on any atom is 0.0703 e. The molecule has 0 aromatic rings. The summed E-state index contributed by atoms with van der Waals surface area (Å²) in [5, 5.41) is 8.99. The van der Waals surface area contributed by atoms with E-state index in [1.807, 2.05) is 0 Å². The van der Waals surface area contributed by atoms with Crippen molar-refractivity contribution in [2.45, 2.75) is 38.5 Å². The molecule has 2 heteroatoms. The molecule has 0 aromatic carbocycles. The Morgan fingerprint density at radius 2 is 2.00 bits per heavy atom. The first-order valence-electron chi connectivity index (χ1n) is 5.84. The van der Waals surface area contributed by atoms with Gasteiger partial charge in [-0.2, -0.15) is 5.26 Å². The van der Waals surface area contributed by atoms with E-state index < -0.39 is 0 Å².